The minimum absolute atomic E-state index is 0.227. The summed E-state index contributed by atoms with van der Waals surface area (Å²) in [6.07, 6.45) is 3.01. The van der Waals surface area contributed by atoms with Gasteiger partial charge in [0.25, 0.3) is 5.91 Å². The molecule has 0 spiro atoms. The number of carbonyl (C=O) groups is 2. The van der Waals surface area contributed by atoms with E-state index in [4.69, 9.17) is 4.74 Å². The minimum atomic E-state index is -1.04. The third-order valence-electron chi connectivity index (χ3n) is 5.07. The van der Waals surface area contributed by atoms with Crippen LogP contribution in [0.2, 0.25) is 0 Å². The van der Waals surface area contributed by atoms with Crippen LogP contribution in [0.15, 0.2) is 24.4 Å². The van der Waals surface area contributed by atoms with Crippen molar-refractivity contribution in [2.24, 2.45) is 5.92 Å². The smallest absolute Gasteiger partial charge is 0.326 e. The van der Waals surface area contributed by atoms with Crippen molar-refractivity contribution in [3.8, 4) is 5.69 Å². The van der Waals surface area contributed by atoms with Crippen LogP contribution in [0.4, 0.5) is 0 Å². The van der Waals surface area contributed by atoms with Crippen molar-refractivity contribution >= 4 is 11.9 Å². The Labute approximate surface area is 158 Å². The molecule has 7 nitrogen and oxygen atoms in total. The molecule has 1 aromatic carbocycles. The monoisotopic (exact) mass is 371 g/mol. The fourth-order valence-corrected chi connectivity index (χ4v) is 3.45. The summed E-state index contributed by atoms with van der Waals surface area (Å²) >= 11 is 0. The SMILES string of the molecule is Cc1ccc(C)c(-n2ncc(C(=O)NC(C(=O)O)C3CCCOC3)c2C)c1. The van der Waals surface area contributed by atoms with Crippen molar-refractivity contribution in [3.05, 3.63) is 46.8 Å². The first kappa shape index (κ1) is 19.1. The molecule has 2 aromatic rings. The van der Waals surface area contributed by atoms with E-state index in [2.05, 4.69) is 10.4 Å². The van der Waals surface area contributed by atoms with Crippen LogP contribution in [0.3, 0.4) is 0 Å². The average Bonchev–Trinajstić information content (AvgIpc) is 3.03. The normalized spacial score (nSPS) is 18.1. The van der Waals surface area contributed by atoms with Crippen LogP contribution in [-0.2, 0) is 9.53 Å². The van der Waals surface area contributed by atoms with E-state index >= 15 is 0 Å². The Morgan fingerprint density at radius 1 is 1.33 bits per heavy atom. The fourth-order valence-electron chi connectivity index (χ4n) is 3.45. The molecular formula is C20H25N3O4. The number of aromatic nitrogens is 2. The van der Waals surface area contributed by atoms with Gasteiger partial charge >= 0.3 is 5.97 Å². The van der Waals surface area contributed by atoms with Gasteiger partial charge in [0.05, 0.1) is 29.7 Å². The maximum atomic E-state index is 12.8. The number of nitrogens with one attached hydrogen (secondary N) is 1. The van der Waals surface area contributed by atoms with Gasteiger partial charge in [-0.15, -0.1) is 0 Å². The fraction of sp³-hybridized carbons (Fsp3) is 0.450. The third-order valence-corrected chi connectivity index (χ3v) is 5.07. The Kier molecular flexibility index (Phi) is 5.60. The van der Waals surface area contributed by atoms with E-state index in [1.807, 2.05) is 39.0 Å². The molecule has 1 saturated heterocycles. The van der Waals surface area contributed by atoms with Gasteiger partial charge in [0.1, 0.15) is 6.04 Å². The molecule has 2 heterocycles. The molecule has 3 rings (SSSR count). The maximum absolute atomic E-state index is 12.8. The molecule has 1 aromatic heterocycles. The van der Waals surface area contributed by atoms with Gasteiger partial charge in [0.2, 0.25) is 0 Å². The second-order valence-corrected chi connectivity index (χ2v) is 7.11. The van der Waals surface area contributed by atoms with Gasteiger partial charge in [0.15, 0.2) is 0 Å². The Morgan fingerprint density at radius 3 is 2.78 bits per heavy atom. The third kappa shape index (κ3) is 4.03. The number of amides is 1. The lowest BCUT2D eigenvalue weighted by molar-refractivity contribution is -0.142. The van der Waals surface area contributed by atoms with Crippen LogP contribution in [-0.4, -0.2) is 46.0 Å². The van der Waals surface area contributed by atoms with E-state index < -0.39 is 17.9 Å². The molecule has 27 heavy (non-hydrogen) atoms. The number of carbonyl (C=O) groups excluding carboxylic acids is 1. The maximum Gasteiger partial charge on any atom is 0.326 e. The second-order valence-electron chi connectivity index (χ2n) is 7.11. The predicted octanol–water partition coefficient (Wildman–Crippen LogP) is 2.41. The molecule has 0 aliphatic carbocycles. The van der Waals surface area contributed by atoms with Gasteiger partial charge in [0, 0.05) is 12.5 Å². The van der Waals surface area contributed by atoms with Crippen LogP contribution in [0.5, 0.6) is 0 Å². The van der Waals surface area contributed by atoms with Crippen LogP contribution in [0.25, 0.3) is 5.69 Å². The predicted molar refractivity (Wildman–Crippen MR) is 100 cm³/mol. The quantitative estimate of drug-likeness (QED) is 0.842. The highest BCUT2D eigenvalue weighted by atomic mass is 16.5. The number of nitrogens with zero attached hydrogens (tertiary/aromatic N) is 2. The first-order valence-corrected chi connectivity index (χ1v) is 9.12. The van der Waals surface area contributed by atoms with E-state index in [0.717, 1.165) is 29.7 Å². The minimum Gasteiger partial charge on any atom is -0.480 e. The summed E-state index contributed by atoms with van der Waals surface area (Å²) in [4.78, 5) is 24.4. The summed E-state index contributed by atoms with van der Waals surface area (Å²) < 4.78 is 7.10. The number of carboxylic acid groups (broad SMARTS) is 1. The molecule has 2 N–H and O–H groups in total. The zero-order chi connectivity index (χ0) is 19.6. The van der Waals surface area contributed by atoms with E-state index in [1.54, 1.807) is 4.68 Å². The zero-order valence-corrected chi connectivity index (χ0v) is 15.9. The van der Waals surface area contributed by atoms with Crippen molar-refractivity contribution in [1.29, 1.82) is 0 Å². The highest BCUT2D eigenvalue weighted by molar-refractivity contribution is 5.97. The molecular weight excluding hydrogens is 346 g/mol. The lowest BCUT2D eigenvalue weighted by atomic mass is 9.93. The van der Waals surface area contributed by atoms with E-state index in [-0.39, 0.29) is 5.92 Å². The Hall–Kier alpha value is -2.67. The molecule has 0 radical (unpaired) electrons. The molecule has 2 unspecified atom stereocenters. The van der Waals surface area contributed by atoms with E-state index in [0.29, 0.717) is 24.5 Å². The van der Waals surface area contributed by atoms with Gasteiger partial charge in [-0.3, -0.25) is 4.79 Å². The standard InChI is InChI=1S/C20H25N3O4/c1-12-6-7-13(2)17(9-12)23-14(3)16(10-21-23)19(24)22-18(20(25)26)15-5-4-8-27-11-15/h6-7,9-10,15,18H,4-5,8,11H2,1-3H3,(H,22,24)(H,25,26). The summed E-state index contributed by atoms with van der Waals surface area (Å²) in [6.45, 7) is 6.78. The summed E-state index contributed by atoms with van der Waals surface area (Å²) in [5.74, 6) is -1.70. The number of aryl methyl sites for hydroxylation is 2. The molecule has 2 atom stereocenters. The van der Waals surface area contributed by atoms with Crippen LogP contribution < -0.4 is 5.32 Å². The lowest BCUT2D eigenvalue weighted by Gasteiger charge is -2.28. The summed E-state index contributed by atoms with van der Waals surface area (Å²) in [6, 6.07) is 5.07. The van der Waals surface area contributed by atoms with Gasteiger partial charge < -0.3 is 15.2 Å². The molecule has 0 saturated carbocycles. The summed E-state index contributed by atoms with van der Waals surface area (Å²) in [7, 11) is 0. The van der Waals surface area contributed by atoms with Crippen molar-refractivity contribution in [2.75, 3.05) is 13.2 Å². The molecule has 1 aliphatic heterocycles. The number of carboxylic acids is 1. The summed E-state index contributed by atoms with van der Waals surface area (Å²) in [5, 5.41) is 16.6. The van der Waals surface area contributed by atoms with Gasteiger partial charge in [-0.2, -0.15) is 5.10 Å². The van der Waals surface area contributed by atoms with E-state index in [1.165, 1.54) is 6.20 Å². The number of rotatable bonds is 5. The Balaban J connectivity index is 1.84. The van der Waals surface area contributed by atoms with E-state index in [9.17, 15) is 14.7 Å². The van der Waals surface area contributed by atoms with Crippen molar-refractivity contribution in [3.63, 3.8) is 0 Å². The van der Waals surface area contributed by atoms with Crippen LogP contribution in [0.1, 0.15) is 40.0 Å². The largest absolute Gasteiger partial charge is 0.480 e. The van der Waals surface area contributed by atoms with Crippen LogP contribution in [0, 0.1) is 26.7 Å². The van der Waals surface area contributed by atoms with Crippen molar-refractivity contribution in [1.82, 2.24) is 15.1 Å². The molecule has 144 valence electrons. The highest BCUT2D eigenvalue weighted by Gasteiger charge is 2.32. The Morgan fingerprint density at radius 2 is 2.11 bits per heavy atom. The first-order chi connectivity index (χ1) is 12.9. The molecule has 1 aliphatic rings. The van der Waals surface area contributed by atoms with Crippen molar-refractivity contribution < 1.29 is 19.4 Å². The lowest BCUT2D eigenvalue weighted by Crippen LogP contribution is -2.48. The van der Waals surface area contributed by atoms with Crippen LogP contribution >= 0.6 is 0 Å². The van der Waals surface area contributed by atoms with Gasteiger partial charge in [-0.25, -0.2) is 9.48 Å². The molecule has 1 amide bonds. The zero-order valence-electron chi connectivity index (χ0n) is 15.9. The first-order valence-electron chi connectivity index (χ1n) is 9.12. The molecule has 0 bridgehead atoms. The second kappa shape index (κ2) is 7.92. The van der Waals surface area contributed by atoms with Gasteiger partial charge in [-0.1, -0.05) is 12.1 Å². The van der Waals surface area contributed by atoms with Gasteiger partial charge in [-0.05, 0) is 50.8 Å². The molecule has 1 fully saturated rings. The highest BCUT2D eigenvalue weighted by Crippen LogP contribution is 2.21. The molecule has 7 heteroatoms. The van der Waals surface area contributed by atoms with Crippen molar-refractivity contribution in [2.45, 2.75) is 39.7 Å². The average molecular weight is 371 g/mol. The number of hydrogen-bond donors (Lipinski definition) is 2. The topological polar surface area (TPSA) is 93.5 Å². The number of hydrogen-bond acceptors (Lipinski definition) is 4. The number of benzene rings is 1. The Bertz CT molecular complexity index is 853. The number of aliphatic carboxylic acids is 1. The summed E-state index contributed by atoms with van der Waals surface area (Å²) in [5.41, 5.74) is 4.09. The number of ether oxygens (including phenoxy) is 1.